The largest absolute Gasteiger partial charge is 0.471 e. The third-order valence-corrected chi connectivity index (χ3v) is 2.81. The van der Waals surface area contributed by atoms with Crippen molar-refractivity contribution in [3.63, 3.8) is 0 Å². The van der Waals surface area contributed by atoms with Crippen molar-refractivity contribution < 1.29 is 175 Å². The van der Waals surface area contributed by atoms with Crippen molar-refractivity contribution >= 4 is 5.91 Å². The Hall–Kier alpha value is 3.12. The van der Waals surface area contributed by atoms with E-state index in [0.717, 1.165) is 0 Å². The molecule has 0 aromatic heterocycles. The Morgan fingerprint density at radius 2 is 1.79 bits per heavy atom. The molecule has 1 saturated heterocycles. The van der Waals surface area contributed by atoms with Crippen molar-refractivity contribution in [3.05, 3.63) is 12.7 Å². The number of hydrogen-bond donors (Lipinski definition) is 4. The minimum atomic E-state index is -5.17. The Kier molecular flexibility index (Phi) is 19.9. The van der Waals surface area contributed by atoms with E-state index < -0.39 is 49.3 Å². The summed E-state index contributed by atoms with van der Waals surface area (Å²) in [7, 11) is 0. The first-order chi connectivity index (χ1) is 9.72. The average molecular weight is 996 g/mol. The maximum atomic E-state index is 12.3. The maximum Gasteiger partial charge on any atom is 0.471 e. The van der Waals surface area contributed by atoms with E-state index in [0.29, 0.717) is 0 Å². The number of hydrogen-bond acceptors (Lipinski definition) is 6. The molecule has 1 heterocycles. The predicted octanol–water partition coefficient (Wildman–Crippen LogP) is -1.32. The van der Waals surface area contributed by atoms with Crippen LogP contribution in [0.5, 0.6) is 0 Å². The van der Waals surface area contributed by atoms with Crippen molar-refractivity contribution in [2.24, 2.45) is 0 Å². The molecule has 7 nitrogen and oxygen atoms in total. The van der Waals surface area contributed by atoms with Gasteiger partial charge in [0.2, 0.25) is 0 Å². The number of aliphatic hydroxyl groups excluding tert-OH is 3. The summed E-state index contributed by atoms with van der Waals surface area (Å²) in [5.74, 6) is -2.31. The van der Waals surface area contributed by atoms with Crippen molar-refractivity contribution in [3.8, 4) is 0 Å². The molecule has 1 rings (SSSR count). The molecule has 4 N–H and O–H groups in total. The van der Waals surface area contributed by atoms with Gasteiger partial charge in [0.1, 0.15) is 24.4 Å². The number of alkyl halides is 3. The van der Waals surface area contributed by atoms with Gasteiger partial charge in [-0.3, -0.25) is 4.79 Å². The number of ether oxygens (including phenoxy) is 2. The van der Waals surface area contributed by atoms with E-state index in [1.807, 2.05) is 0 Å². The molecule has 13 heteroatoms. The van der Waals surface area contributed by atoms with Gasteiger partial charge < -0.3 is 30.1 Å². The Bertz CT molecular complexity index is 391. The zero-order valence-electron chi connectivity index (χ0n) is 12.5. The van der Waals surface area contributed by atoms with Crippen molar-refractivity contribution in [2.75, 3.05) is 13.2 Å². The van der Waals surface area contributed by atoms with Crippen LogP contribution in [-0.4, -0.2) is 71.3 Å². The van der Waals surface area contributed by atoms with E-state index in [1.165, 1.54) is 11.4 Å². The summed E-state index contributed by atoms with van der Waals surface area (Å²) in [4.78, 5) is 10.9. The van der Waals surface area contributed by atoms with Crippen LogP contribution in [0.2, 0.25) is 0 Å². The summed E-state index contributed by atoms with van der Waals surface area (Å²) in [6, 6.07) is -1.66. The molecule has 0 bridgehead atoms. The quantitative estimate of drug-likeness (QED) is 0.255. The first-order valence-electron chi connectivity index (χ1n) is 5.95. The van der Waals surface area contributed by atoms with Crippen molar-refractivity contribution in [1.82, 2.24) is 5.32 Å². The minimum Gasteiger partial charge on any atom is -0.394 e. The van der Waals surface area contributed by atoms with E-state index in [2.05, 4.69) is 6.58 Å². The van der Waals surface area contributed by atoms with Gasteiger partial charge in [0.15, 0.2) is 6.29 Å². The number of carbonyl (C=O) groups excluding carboxylic acids is 1. The number of nitrogens with one attached hydrogen (secondary N) is 1. The Morgan fingerprint density at radius 1 is 1.25 bits per heavy atom. The molecule has 0 saturated carbocycles. The van der Waals surface area contributed by atoms with E-state index in [-0.39, 0.29) is 139 Å². The molecule has 5 unspecified atom stereocenters. The van der Waals surface area contributed by atoms with E-state index in [1.54, 1.807) is 0 Å². The summed E-state index contributed by atoms with van der Waals surface area (Å²) in [5, 5.41) is 29.9. The molecule has 24 heavy (non-hydrogen) atoms. The molecule has 1 aliphatic heterocycles. The second-order valence-corrected chi connectivity index (χ2v) is 4.33. The van der Waals surface area contributed by atoms with Crippen LogP contribution in [0.4, 0.5) is 13.2 Å². The molecule has 1 amide bonds. The van der Waals surface area contributed by atoms with Crippen LogP contribution in [0.15, 0.2) is 12.7 Å². The van der Waals surface area contributed by atoms with Gasteiger partial charge in [-0.15, -0.1) is 6.58 Å². The van der Waals surface area contributed by atoms with Crippen LogP contribution >= 0.6 is 0 Å². The summed E-state index contributed by atoms with van der Waals surface area (Å²) in [6.45, 7) is 2.51. The smallest absolute Gasteiger partial charge is 0.394 e. The van der Waals surface area contributed by atoms with Gasteiger partial charge in [0.25, 0.3) is 0 Å². The third kappa shape index (κ3) is 9.55. The number of amides is 1. The topological polar surface area (TPSA) is 108 Å². The molecule has 0 aliphatic carbocycles. The molecule has 5 atom stereocenters. The Balaban J connectivity index is -0.00000147. The predicted molar refractivity (Wildman–Crippen MR) is 61.9 cm³/mol. The standard InChI is InChI=1S/C11H16F3NO6.3Ac/c1-2-3-20-9-6(15-10(19)11(12,13)14)8(18)7(17)5(4-16)21-9;;;/h2,5-9,16-18H,1,3-4H2,(H,15,19);;;. The second-order valence-electron chi connectivity index (χ2n) is 4.33. The van der Waals surface area contributed by atoms with E-state index in [4.69, 9.17) is 14.6 Å². The van der Waals surface area contributed by atoms with Gasteiger partial charge in [0, 0.05) is 132 Å². The number of halogens is 3. The maximum absolute atomic E-state index is 12.3. The van der Waals surface area contributed by atoms with Gasteiger partial charge in [-0.1, -0.05) is 6.08 Å². The normalized spacial score (nSPS) is 29.3. The zero-order valence-corrected chi connectivity index (χ0v) is 26.8. The van der Waals surface area contributed by atoms with Crippen LogP contribution in [-0.2, 0) is 14.3 Å². The fraction of sp³-hybridized carbons (Fsp3) is 0.727. The molecule has 3 radical (unpaired) electrons. The molecule has 0 aromatic carbocycles. The van der Waals surface area contributed by atoms with Crippen LogP contribution in [0.3, 0.4) is 0 Å². The molecule has 0 spiro atoms. The number of carbonyl (C=O) groups is 1. The third-order valence-electron chi connectivity index (χ3n) is 2.81. The van der Waals surface area contributed by atoms with Gasteiger partial charge in [-0.25, -0.2) is 0 Å². The number of rotatable bonds is 5. The summed E-state index contributed by atoms with van der Waals surface area (Å²) in [6.07, 6.45) is -10.1. The second kappa shape index (κ2) is 15.0. The summed E-state index contributed by atoms with van der Waals surface area (Å²) < 4.78 is 46.8. The van der Waals surface area contributed by atoms with Gasteiger partial charge in [0.05, 0.1) is 13.2 Å². The van der Waals surface area contributed by atoms with Crippen LogP contribution < -0.4 is 5.32 Å². The van der Waals surface area contributed by atoms with Gasteiger partial charge in [-0.2, -0.15) is 13.2 Å². The first-order valence-corrected chi connectivity index (χ1v) is 5.95. The Morgan fingerprint density at radius 3 is 2.21 bits per heavy atom. The summed E-state index contributed by atoms with van der Waals surface area (Å²) in [5.41, 5.74) is 0. The zero-order chi connectivity index (χ0) is 16.2. The van der Waals surface area contributed by atoms with E-state index in [9.17, 15) is 28.2 Å². The van der Waals surface area contributed by atoms with Gasteiger partial charge >= 0.3 is 12.1 Å². The van der Waals surface area contributed by atoms with Gasteiger partial charge in [-0.05, 0) is 0 Å². The molecule has 131 valence electrons. The van der Waals surface area contributed by atoms with Crippen molar-refractivity contribution in [2.45, 2.75) is 36.8 Å². The van der Waals surface area contributed by atoms with Crippen LogP contribution in [0, 0.1) is 132 Å². The monoisotopic (exact) mass is 996 g/mol. The molecular formula is C11H16Ac3F3NO6. The SMILES string of the molecule is C=CCOC1OC(CO)C(O)C(O)C1NC(=O)C(F)(F)F.[Ac].[Ac].[Ac]. The molecule has 1 fully saturated rings. The first kappa shape index (κ1) is 31.8. The van der Waals surface area contributed by atoms with Crippen molar-refractivity contribution in [1.29, 1.82) is 0 Å². The van der Waals surface area contributed by atoms with E-state index >= 15 is 0 Å². The number of aliphatic hydroxyl groups is 3. The fourth-order valence-electron chi connectivity index (χ4n) is 1.77. The summed E-state index contributed by atoms with van der Waals surface area (Å²) >= 11 is 0. The average Bonchev–Trinajstić information content (AvgIpc) is 2.41. The van der Waals surface area contributed by atoms with Crippen LogP contribution in [0.25, 0.3) is 0 Å². The minimum absolute atomic E-state index is 0. The molecular weight excluding hydrogens is 980 g/mol. The Labute approximate surface area is 244 Å². The molecule has 0 aromatic rings. The van der Waals surface area contributed by atoms with Crippen LogP contribution in [0.1, 0.15) is 0 Å². The fourth-order valence-corrected chi connectivity index (χ4v) is 1.77. The molecule has 1 aliphatic rings.